The molecule has 0 amide bonds. The number of thiophene rings is 1. The third kappa shape index (κ3) is 2.72. The van der Waals surface area contributed by atoms with Crippen LogP contribution < -0.4 is 4.74 Å². The van der Waals surface area contributed by atoms with Crippen molar-refractivity contribution in [3.8, 4) is 5.75 Å². The number of methoxy groups -OCH3 is 1. The Balaban J connectivity index is 2.34. The highest BCUT2D eigenvalue weighted by Crippen LogP contribution is 2.34. The first-order valence-electron chi connectivity index (χ1n) is 6.79. The van der Waals surface area contributed by atoms with Gasteiger partial charge in [0.15, 0.2) is 4.21 Å². The van der Waals surface area contributed by atoms with Gasteiger partial charge in [0.05, 0.1) is 7.11 Å². The van der Waals surface area contributed by atoms with Gasteiger partial charge in [0.1, 0.15) is 5.75 Å². The van der Waals surface area contributed by atoms with Gasteiger partial charge in [0, 0.05) is 25.2 Å². The summed E-state index contributed by atoms with van der Waals surface area (Å²) in [7, 11) is -1.99. The van der Waals surface area contributed by atoms with Crippen LogP contribution in [0.1, 0.15) is 20.8 Å². The van der Waals surface area contributed by atoms with Crippen LogP contribution in [0, 0.1) is 0 Å². The summed E-state index contributed by atoms with van der Waals surface area (Å²) in [6.45, 7) is 8.53. The Morgan fingerprint density at radius 1 is 1.35 bits per heavy atom. The second kappa shape index (κ2) is 6.01. The van der Waals surface area contributed by atoms with E-state index in [1.54, 1.807) is 15.8 Å². The minimum absolute atomic E-state index is 0.0319. The lowest BCUT2D eigenvalue weighted by molar-refractivity contribution is 0.106. The highest BCUT2D eigenvalue weighted by Gasteiger charge is 2.39. The Hall–Kier alpha value is -0.630. The fourth-order valence-corrected chi connectivity index (χ4v) is 6.04. The van der Waals surface area contributed by atoms with E-state index in [1.165, 1.54) is 18.4 Å². The lowest BCUT2D eigenvalue weighted by Gasteiger charge is -2.42. The maximum Gasteiger partial charge on any atom is 0.256 e. The van der Waals surface area contributed by atoms with E-state index in [0.29, 0.717) is 9.96 Å². The van der Waals surface area contributed by atoms with Crippen LogP contribution in [0.25, 0.3) is 0 Å². The zero-order valence-corrected chi connectivity index (χ0v) is 14.0. The predicted molar refractivity (Wildman–Crippen MR) is 80.9 cm³/mol. The molecular weight excluding hydrogens is 296 g/mol. The Labute approximate surface area is 125 Å². The van der Waals surface area contributed by atoms with Crippen molar-refractivity contribution in [3.63, 3.8) is 0 Å². The van der Waals surface area contributed by atoms with Crippen LogP contribution >= 0.6 is 11.3 Å². The van der Waals surface area contributed by atoms with Crippen molar-refractivity contribution in [3.05, 3.63) is 11.4 Å². The number of hydrogen-bond donors (Lipinski definition) is 0. The monoisotopic (exact) mass is 318 g/mol. The summed E-state index contributed by atoms with van der Waals surface area (Å²) in [5.41, 5.74) is 0. The van der Waals surface area contributed by atoms with Crippen LogP contribution in [0.3, 0.4) is 0 Å². The molecule has 7 heteroatoms. The van der Waals surface area contributed by atoms with Crippen molar-refractivity contribution in [2.45, 2.75) is 37.1 Å². The summed E-state index contributed by atoms with van der Waals surface area (Å²) in [6.07, 6.45) is 0. The Bertz CT molecular complexity index is 544. The standard InChI is InChI=1S/C13H22N2O3S2/c1-5-14-8-10(2)15(11(3)9-14)20(16,17)13-12(18-4)6-7-19-13/h6-7,10-11H,5,8-9H2,1-4H3. The third-order valence-electron chi connectivity index (χ3n) is 3.69. The molecule has 1 aromatic heterocycles. The molecule has 2 unspecified atom stereocenters. The van der Waals surface area contributed by atoms with Crippen LogP contribution in [0.2, 0.25) is 0 Å². The number of piperazine rings is 1. The molecule has 0 saturated carbocycles. The van der Waals surface area contributed by atoms with Crippen LogP contribution in [0.15, 0.2) is 15.7 Å². The van der Waals surface area contributed by atoms with Crippen molar-refractivity contribution >= 4 is 21.4 Å². The maximum atomic E-state index is 12.9. The second-order valence-corrected chi connectivity index (χ2v) is 8.12. The Morgan fingerprint density at radius 3 is 2.45 bits per heavy atom. The molecule has 1 aliphatic heterocycles. The first-order chi connectivity index (χ1) is 9.41. The number of nitrogens with zero attached hydrogens (tertiary/aromatic N) is 2. The lowest BCUT2D eigenvalue weighted by Crippen LogP contribution is -2.58. The average molecular weight is 318 g/mol. The van der Waals surface area contributed by atoms with E-state index in [4.69, 9.17) is 4.74 Å². The molecule has 0 spiro atoms. The molecule has 20 heavy (non-hydrogen) atoms. The minimum atomic E-state index is -3.49. The molecule has 2 rings (SSSR count). The van der Waals surface area contributed by atoms with Crippen LogP contribution in [-0.2, 0) is 10.0 Å². The average Bonchev–Trinajstić information content (AvgIpc) is 2.86. The van der Waals surface area contributed by atoms with Crippen molar-refractivity contribution < 1.29 is 13.2 Å². The van der Waals surface area contributed by atoms with Crippen molar-refractivity contribution in [1.29, 1.82) is 0 Å². The van der Waals surface area contributed by atoms with Crippen LogP contribution in [0.4, 0.5) is 0 Å². The van der Waals surface area contributed by atoms with Gasteiger partial charge >= 0.3 is 0 Å². The zero-order valence-electron chi connectivity index (χ0n) is 12.4. The van der Waals surface area contributed by atoms with Gasteiger partial charge in [-0.05, 0) is 31.8 Å². The molecule has 0 N–H and O–H groups in total. The molecule has 0 aromatic carbocycles. The van der Waals surface area contributed by atoms with Crippen molar-refractivity contribution in [2.75, 3.05) is 26.7 Å². The van der Waals surface area contributed by atoms with Gasteiger partial charge in [-0.25, -0.2) is 8.42 Å². The third-order valence-corrected chi connectivity index (χ3v) is 7.24. The van der Waals surface area contributed by atoms with Crippen molar-refractivity contribution in [1.82, 2.24) is 9.21 Å². The molecule has 1 aliphatic rings. The molecule has 2 heterocycles. The molecule has 1 fully saturated rings. The summed E-state index contributed by atoms with van der Waals surface area (Å²) in [4.78, 5) is 2.28. The van der Waals surface area contributed by atoms with Gasteiger partial charge in [-0.15, -0.1) is 11.3 Å². The quantitative estimate of drug-likeness (QED) is 0.850. The molecule has 0 aliphatic carbocycles. The normalized spacial score (nSPS) is 25.8. The van der Waals surface area contributed by atoms with Gasteiger partial charge in [0.25, 0.3) is 10.0 Å². The number of rotatable bonds is 4. The maximum absolute atomic E-state index is 12.9. The van der Waals surface area contributed by atoms with Crippen LogP contribution in [-0.4, -0.2) is 56.5 Å². The highest BCUT2D eigenvalue weighted by molar-refractivity contribution is 7.91. The lowest BCUT2D eigenvalue weighted by atomic mass is 10.1. The van der Waals surface area contributed by atoms with Gasteiger partial charge in [-0.2, -0.15) is 4.31 Å². The van der Waals surface area contributed by atoms with Gasteiger partial charge in [-0.3, -0.25) is 0 Å². The first kappa shape index (κ1) is 15.8. The van der Waals surface area contributed by atoms with Gasteiger partial charge in [0.2, 0.25) is 0 Å². The smallest absolute Gasteiger partial charge is 0.256 e. The minimum Gasteiger partial charge on any atom is -0.494 e. The number of sulfonamides is 1. The summed E-state index contributed by atoms with van der Waals surface area (Å²) >= 11 is 1.22. The summed E-state index contributed by atoms with van der Waals surface area (Å²) in [6, 6.07) is 1.64. The molecule has 0 radical (unpaired) electrons. The summed E-state index contributed by atoms with van der Waals surface area (Å²) < 4.78 is 32.9. The molecule has 2 atom stereocenters. The predicted octanol–water partition coefficient (Wildman–Crippen LogP) is 1.86. The number of likely N-dealkylation sites (N-methyl/N-ethyl adjacent to an activating group) is 1. The second-order valence-electron chi connectivity index (χ2n) is 5.16. The zero-order chi connectivity index (χ0) is 14.9. The first-order valence-corrected chi connectivity index (χ1v) is 9.11. The Kier molecular flexibility index (Phi) is 4.73. The highest BCUT2D eigenvalue weighted by atomic mass is 32.2. The van der Waals surface area contributed by atoms with E-state index < -0.39 is 10.0 Å². The summed E-state index contributed by atoms with van der Waals surface area (Å²) in [5.74, 6) is 0.437. The molecule has 0 bridgehead atoms. The van der Waals surface area contributed by atoms with E-state index in [0.717, 1.165) is 19.6 Å². The fourth-order valence-electron chi connectivity index (χ4n) is 2.87. The van der Waals surface area contributed by atoms with E-state index in [9.17, 15) is 8.42 Å². The van der Waals surface area contributed by atoms with E-state index in [1.807, 2.05) is 13.8 Å². The number of hydrogen-bond acceptors (Lipinski definition) is 5. The molecule has 1 saturated heterocycles. The van der Waals surface area contributed by atoms with Crippen LogP contribution in [0.5, 0.6) is 5.75 Å². The molecule has 114 valence electrons. The topological polar surface area (TPSA) is 49.9 Å². The molecule has 1 aromatic rings. The van der Waals surface area contributed by atoms with Crippen molar-refractivity contribution in [2.24, 2.45) is 0 Å². The summed E-state index contributed by atoms with van der Waals surface area (Å²) in [5, 5.41) is 1.75. The van der Waals surface area contributed by atoms with Gasteiger partial charge in [-0.1, -0.05) is 6.92 Å². The Morgan fingerprint density at radius 2 is 1.95 bits per heavy atom. The largest absolute Gasteiger partial charge is 0.494 e. The van der Waals surface area contributed by atoms with E-state index in [-0.39, 0.29) is 12.1 Å². The van der Waals surface area contributed by atoms with E-state index in [2.05, 4.69) is 11.8 Å². The van der Waals surface area contributed by atoms with Gasteiger partial charge < -0.3 is 9.64 Å². The fraction of sp³-hybridized carbons (Fsp3) is 0.692. The number of ether oxygens (including phenoxy) is 1. The SMILES string of the molecule is CCN1CC(C)N(S(=O)(=O)c2sccc2OC)C(C)C1. The van der Waals surface area contributed by atoms with E-state index >= 15 is 0 Å². The molecule has 5 nitrogen and oxygen atoms in total. The molecular formula is C13H22N2O3S2.